The zero-order chi connectivity index (χ0) is 10.5. The van der Waals surface area contributed by atoms with E-state index in [2.05, 4.69) is 9.80 Å². The summed E-state index contributed by atoms with van der Waals surface area (Å²) >= 11 is 0. The van der Waals surface area contributed by atoms with Crippen LogP contribution in [0.1, 0.15) is 32.1 Å². The fourth-order valence-corrected chi connectivity index (χ4v) is 2.98. The summed E-state index contributed by atoms with van der Waals surface area (Å²) in [6.07, 6.45) is 6.77. The first-order valence-electron chi connectivity index (χ1n) is 6.47. The van der Waals surface area contributed by atoms with Crippen LogP contribution in [0.5, 0.6) is 0 Å². The van der Waals surface area contributed by atoms with Crippen molar-refractivity contribution in [3.8, 4) is 0 Å². The number of hydrogen-bond acceptors (Lipinski definition) is 3. The predicted octanol–water partition coefficient (Wildman–Crippen LogP) is 0.929. The van der Waals surface area contributed by atoms with E-state index in [1.807, 2.05) is 0 Å². The summed E-state index contributed by atoms with van der Waals surface area (Å²) in [6, 6.07) is 0.830. The van der Waals surface area contributed by atoms with Crippen molar-refractivity contribution in [2.24, 2.45) is 0 Å². The molecule has 2 heterocycles. The predicted molar refractivity (Wildman–Crippen MR) is 62.0 cm³/mol. The van der Waals surface area contributed by atoms with E-state index in [0.29, 0.717) is 6.61 Å². The fourth-order valence-electron chi connectivity index (χ4n) is 2.98. The summed E-state index contributed by atoms with van der Waals surface area (Å²) in [4.78, 5) is 5.10. The van der Waals surface area contributed by atoms with Crippen LogP contribution in [0, 0.1) is 0 Å². The highest BCUT2D eigenvalue weighted by molar-refractivity contribution is 4.80. The highest BCUT2D eigenvalue weighted by Gasteiger charge is 2.24. The van der Waals surface area contributed by atoms with Gasteiger partial charge in [-0.25, -0.2) is 0 Å². The zero-order valence-corrected chi connectivity index (χ0v) is 9.70. The van der Waals surface area contributed by atoms with E-state index in [9.17, 15) is 0 Å². The SMILES string of the molecule is OCCN1CCCC(N2CCCC2)CC1. The Balaban J connectivity index is 1.78. The Hall–Kier alpha value is -0.120. The first kappa shape index (κ1) is 11.4. The van der Waals surface area contributed by atoms with Gasteiger partial charge >= 0.3 is 0 Å². The number of likely N-dealkylation sites (tertiary alicyclic amines) is 2. The van der Waals surface area contributed by atoms with Crippen LogP contribution in [0.2, 0.25) is 0 Å². The molecule has 0 saturated carbocycles. The minimum Gasteiger partial charge on any atom is -0.395 e. The Kier molecular flexibility index (Phi) is 4.42. The second-order valence-corrected chi connectivity index (χ2v) is 4.89. The van der Waals surface area contributed by atoms with Gasteiger partial charge in [0, 0.05) is 12.6 Å². The molecule has 0 aromatic carbocycles. The quantitative estimate of drug-likeness (QED) is 0.754. The number of aliphatic hydroxyl groups excluding tert-OH is 1. The van der Waals surface area contributed by atoms with Crippen molar-refractivity contribution < 1.29 is 5.11 Å². The van der Waals surface area contributed by atoms with Crippen molar-refractivity contribution in [1.29, 1.82) is 0 Å². The molecule has 0 aliphatic carbocycles. The number of aliphatic hydroxyl groups is 1. The summed E-state index contributed by atoms with van der Waals surface area (Å²) in [5, 5.41) is 8.94. The van der Waals surface area contributed by atoms with Crippen LogP contribution >= 0.6 is 0 Å². The third-order valence-electron chi connectivity index (χ3n) is 3.86. The number of rotatable bonds is 3. The Morgan fingerprint density at radius 3 is 2.47 bits per heavy atom. The highest BCUT2D eigenvalue weighted by Crippen LogP contribution is 2.20. The number of nitrogens with zero attached hydrogens (tertiary/aromatic N) is 2. The Labute approximate surface area is 93.1 Å². The van der Waals surface area contributed by atoms with Gasteiger partial charge in [0.15, 0.2) is 0 Å². The van der Waals surface area contributed by atoms with Crippen molar-refractivity contribution in [3.63, 3.8) is 0 Å². The van der Waals surface area contributed by atoms with Gasteiger partial charge in [-0.1, -0.05) is 0 Å². The van der Waals surface area contributed by atoms with Gasteiger partial charge in [-0.05, 0) is 58.3 Å². The highest BCUT2D eigenvalue weighted by atomic mass is 16.3. The molecule has 2 saturated heterocycles. The van der Waals surface area contributed by atoms with E-state index < -0.39 is 0 Å². The molecule has 0 aromatic rings. The molecule has 0 bridgehead atoms. The lowest BCUT2D eigenvalue weighted by Crippen LogP contribution is -2.34. The monoisotopic (exact) mass is 212 g/mol. The van der Waals surface area contributed by atoms with Gasteiger partial charge in [-0.2, -0.15) is 0 Å². The van der Waals surface area contributed by atoms with E-state index in [1.165, 1.54) is 58.3 Å². The maximum Gasteiger partial charge on any atom is 0.0558 e. The van der Waals surface area contributed by atoms with Crippen LogP contribution in [0.15, 0.2) is 0 Å². The first-order valence-corrected chi connectivity index (χ1v) is 6.47. The van der Waals surface area contributed by atoms with Gasteiger partial charge in [0.25, 0.3) is 0 Å². The maximum absolute atomic E-state index is 8.94. The largest absolute Gasteiger partial charge is 0.395 e. The molecule has 1 N–H and O–H groups in total. The molecule has 1 atom stereocenters. The number of β-amino-alcohol motifs (C(OH)–C–C–N with tert-alkyl or cyclic N) is 1. The molecule has 2 rings (SSSR count). The summed E-state index contributed by atoms with van der Waals surface area (Å²) in [5.74, 6) is 0. The van der Waals surface area contributed by atoms with Crippen LogP contribution in [0.3, 0.4) is 0 Å². The van der Waals surface area contributed by atoms with E-state index >= 15 is 0 Å². The Morgan fingerprint density at radius 1 is 0.933 bits per heavy atom. The fraction of sp³-hybridized carbons (Fsp3) is 1.00. The molecule has 3 heteroatoms. The third-order valence-corrected chi connectivity index (χ3v) is 3.86. The molecule has 0 amide bonds. The molecule has 0 radical (unpaired) electrons. The lowest BCUT2D eigenvalue weighted by atomic mass is 10.1. The molecule has 0 aromatic heterocycles. The molecule has 2 aliphatic heterocycles. The van der Waals surface area contributed by atoms with Crippen LogP contribution in [0.25, 0.3) is 0 Å². The topological polar surface area (TPSA) is 26.7 Å². The van der Waals surface area contributed by atoms with Gasteiger partial charge in [0.05, 0.1) is 6.61 Å². The van der Waals surface area contributed by atoms with Crippen LogP contribution in [-0.4, -0.2) is 60.3 Å². The normalized spacial score (nSPS) is 30.6. The van der Waals surface area contributed by atoms with Crippen molar-refractivity contribution in [2.75, 3.05) is 39.3 Å². The number of hydrogen-bond donors (Lipinski definition) is 1. The van der Waals surface area contributed by atoms with E-state index in [1.54, 1.807) is 0 Å². The molecule has 2 fully saturated rings. The molecule has 88 valence electrons. The standard InChI is InChI=1S/C12H24N2O/c15-11-10-13-6-3-4-12(5-9-13)14-7-1-2-8-14/h12,15H,1-11H2. The van der Waals surface area contributed by atoms with Gasteiger partial charge in [0.2, 0.25) is 0 Å². The van der Waals surface area contributed by atoms with Crippen LogP contribution < -0.4 is 0 Å². The second-order valence-electron chi connectivity index (χ2n) is 4.89. The average Bonchev–Trinajstić information content (AvgIpc) is 2.67. The lowest BCUT2D eigenvalue weighted by Gasteiger charge is -2.26. The molecule has 2 aliphatic rings. The van der Waals surface area contributed by atoms with Crippen molar-refractivity contribution in [1.82, 2.24) is 9.80 Å². The molecular weight excluding hydrogens is 188 g/mol. The van der Waals surface area contributed by atoms with Crippen molar-refractivity contribution in [2.45, 2.75) is 38.1 Å². The van der Waals surface area contributed by atoms with Crippen molar-refractivity contribution in [3.05, 3.63) is 0 Å². The average molecular weight is 212 g/mol. The summed E-state index contributed by atoms with van der Waals surface area (Å²) in [5.41, 5.74) is 0. The Morgan fingerprint density at radius 2 is 1.73 bits per heavy atom. The van der Waals surface area contributed by atoms with Gasteiger partial charge in [0.1, 0.15) is 0 Å². The molecule has 3 nitrogen and oxygen atoms in total. The second kappa shape index (κ2) is 5.83. The summed E-state index contributed by atoms with van der Waals surface area (Å²) in [7, 11) is 0. The summed E-state index contributed by atoms with van der Waals surface area (Å²) < 4.78 is 0. The van der Waals surface area contributed by atoms with Gasteiger partial charge < -0.3 is 14.9 Å². The zero-order valence-electron chi connectivity index (χ0n) is 9.70. The Bertz CT molecular complexity index is 180. The maximum atomic E-state index is 8.94. The van der Waals surface area contributed by atoms with E-state index in [4.69, 9.17) is 5.11 Å². The van der Waals surface area contributed by atoms with E-state index in [-0.39, 0.29) is 0 Å². The van der Waals surface area contributed by atoms with Crippen LogP contribution in [0.4, 0.5) is 0 Å². The lowest BCUT2D eigenvalue weighted by molar-refractivity contribution is 0.189. The summed E-state index contributed by atoms with van der Waals surface area (Å²) in [6.45, 7) is 6.20. The molecule has 1 unspecified atom stereocenters. The van der Waals surface area contributed by atoms with Crippen molar-refractivity contribution >= 4 is 0 Å². The first-order chi connectivity index (χ1) is 7.40. The third kappa shape index (κ3) is 3.16. The minimum absolute atomic E-state index is 0.314. The molecule has 0 spiro atoms. The van der Waals surface area contributed by atoms with Crippen LogP contribution in [-0.2, 0) is 0 Å². The smallest absolute Gasteiger partial charge is 0.0558 e. The van der Waals surface area contributed by atoms with E-state index in [0.717, 1.165) is 12.6 Å². The molecule has 15 heavy (non-hydrogen) atoms. The minimum atomic E-state index is 0.314. The van der Waals surface area contributed by atoms with Gasteiger partial charge in [-0.3, -0.25) is 0 Å². The molecular formula is C12H24N2O. The van der Waals surface area contributed by atoms with Gasteiger partial charge in [-0.15, -0.1) is 0 Å².